The minimum absolute atomic E-state index is 0.107. The summed E-state index contributed by atoms with van der Waals surface area (Å²) < 4.78 is 28.5. The zero-order chi connectivity index (χ0) is 23.5. The van der Waals surface area contributed by atoms with Crippen LogP contribution in [0.4, 0.5) is 0 Å². The molecule has 1 aliphatic rings. The van der Waals surface area contributed by atoms with Crippen LogP contribution in [0, 0.1) is 11.8 Å². The average molecular weight is 497 g/mol. The Hall–Kier alpha value is -1.64. The quantitative estimate of drug-likeness (QED) is 0.482. The van der Waals surface area contributed by atoms with Gasteiger partial charge in [-0.2, -0.15) is 0 Å². The van der Waals surface area contributed by atoms with Gasteiger partial charge in [0.2, 0.25) is 15.0 Å². The van der Waals surface area contributed by atoms with E-state index in [-0.39, 0.29) is 22.9 Å². The van der Waals surface area contributed by atoms with Crippen LogP contribution in [0.15, 0.2) is 35.6 Å². The van der Waals surface area contributed by atoms with Gasteiger partial charge in [-0.1, -0.05) is 37.6 Å². The molecule has 1 aliphatic carbocycles. The predicted octanol–water partition coefficient (Wildman–Crippen LogP) is 4.66. The van der Waals surface area contributed by atoms with Gasteiger partial charge < -0.3 is 14.8 Å². The van der Waals surface area contributed by atoms with Crippen molar-refractivity contribution in [2.45, 2.75) is 70.6 Å². The lowest BCUT2D eigenvalue weighted by molar-refractivity contribution is 0.362. The van der Waals surface area contributed by atoms with E-state index in [0.717, 1.165) is 12.2 Å². The molecular weight excluding hydrogens is 464 g/mol. The molecule has 6 nitrogen and oxygen atoms in total. The number of benzene rings is 1. The third kappa shape index (κ3) is 6.93. The molecule has 0 amide bonds. The summed E-state index contributed by atoms with van der Waals surface area (Å²) in [7, 11) is -3.65. The molecule has 0 saturated heterocycles. The highest BCUT2D eigenvalue weighted by atomic mass is 35.5. The third-order valence-corrected chi connectivity index (χ3v) is 7.41. The molecule has 1 aromatic heterocycles. The number of aromatic nitrogens is 2. The molecule has 1 fully saturated rings. The Bertz CT molecular complexity index is 1050. The van der Waals surface area contributed by atoms with Crippen molar-refractivity contribution in [1.29, 1.82) is 0 Å². The maximum Gasteiger partial charge on any atom is 0.228 e. The Kier molecular flexibility index (Phi) is 8.22. The molecule has 32 heavy (non-hydrogen) atoms. The SMILES string of the molecule is CC(C)Cn1c(CN(CC2CC2)C(=S)NC(C)C)cnc1S(=O)(=O)Cc1cccc(Cl)c1. The van der Waals surface area contributed by atoms with Gasteiger partial charge in [0.05, 0.1) is 24.2 Å². The van der Waals surface area contributed by atoms with Crippen LogP contribution < -0.4 is 5.32 Å². The molecule has 1 heterocycles. The predicted molar refractivity (Wildman–Crippen MR) is 133 cm³/mol. The molecule has 9 heteroatoms. The van der Waals surface area contributed by atoms with Crippen LogP contribution in [0.3, 0.4) is 0 Å². The maximum atomic E-state index is 13.3. The lowest BCUT2D eigenvalue weighted by Crippen LogP contribution is -2.43. The number of imidazole rings is 1. The second kappa shape index (κ2) is 10.5. The Morgan fingerprint density at radius 2 is 2.03 bits per heavy atom. The van der Waals surface area contributed by atoms with Gasteiger partial charge in [0.1, 0.15) is 0 Å². The highest BCUT2D eigenvalue weighted by Crippen LogP contribution is 2.30. The maximum absolute atomic E-state index is 13.3. The fourth-order valence-corrected chi connectivity index (χ4v) is 5.68. The van der Waals surface area contributed by atoms with E-state index in [2.05, 4.69) is 42.9 Å². The lowest BCUT2D eigenvalue weighted by Gasteiger charge is -2.28. The van der Waals surface area contributed by atoms with Gasteiger partial charge in [-0.3, -0.25) is 0 Å². The first-order valence-corrected chi connectivity index (χ1v) is 13.6. The van der Waals surface area contributed by atoms with Crippen molar-refractivity contribution < 1.29 is 8.42 Å². The molecule has 3 rings (SSSR count). The van der Waals surface area contributed by atoms with Crippen molar-refractivity contribution >= 4 is 38.8 Å². The number of nitrogens with zero attached hydrogens (tertiary/aromatic N) is 3. The minimum atomic E-state index is -3.65. The molecule has 0 atom stereocenters. The molecular formula is C23H33ClN4O2S2. The standard InChI is InChI=1S/C23H33ClN4O2S2/c1-16(2)12-28-21(14-27(13-18-8-9-18)22(31)26-17(3)4)11-25-23(28)32(29,30)15-19-6-5-7-20(24)10-19/h5-7,10-11,16-18H,8-9,12-15H2,1-4H3,(H,26,31). The second-order valence-corrected chi connectivity index (χ2v) is 12.1. The van der Waals surface area contributed by atoms with Crippen molar-refractivity contribution in [3.8, 4) is 0 Å². The normalized spacial score (nSPS) is 14.2. The van der Waals surface area contributed by atoms with E-state index in [9.17, 15) is 8.42 Å². The fourth-order valence-electron chi connectivity index (χ4n) is 3.60. The smallest absolute Gasteiger partial charge is 0.228 e. The van der Waals surface area contributed by atoms with Crippen LogP contribution in [-0.2, 0) is 28.7 Å². The molecule has 0 radical (unpaired) electrons. The van der Waals surface area contributed by atoms with E-state index >= 15 is 0 Å². The summed E-state index contributed by atoms with van der Waals surface area (Å²) in [5.41, 5.74) is 1.51. The third-order valence-electron chi connectivity index (χ3n) is 5.20. The molecule has 0 unspecified atom stereocenters. The van der Waals surface area contributed by atoms with Crippen molar-refractivity contribution in [2.75, 3.05) is 6.54 Å². The van der Waals surface area contributed by atoms with E-state index in [1.807, 2.05) is 4.57 Å². The summed E-state index contributed by atoms with van der Waals surface area (Å²) >= 11 is 11.7. The van der Waals surface area contributed by atoms with Gasteiger partial charge >= 0.3 is 0 Å². The zero-order valence-corrected chi connectivity index (χ0v) is 21.6. The summed E-state index contributed by atoms with van der Waals surface area (Å²) in [5, 5.41) is 4.66. The van der Waals surface area contributed by atoms with Gasteiger partial charge in [-0.15, -0.1) is 0 Å². The number of sulfone groups is 1. The van der Waals surface area contributed by atoms with Gasteiger partial charge in [-0.25, -0.2) is 13.4 Å². The molecule has 2 aromatic rings. The van der Waals surface area contributed by atoms with E-state index < -0.39 is 9.84 Å². The molecule has 1 aromatic carbocycles. The molecule has 0 spiro atoms. The average Bonchev–Trinajstić information content (AvgIpc) is 3.40. The van der Waals surface area contributed by atoms with Crippen LogP contribution in [-0.4, -0.2) is 40.6 Å². The Balaban J connectivity index is 1.90. The topological polar surface area (TPSA) is 67.2 Å². The van der Waals surface area contributed by atoms with Crippen LogP contribution in [0.5, 0.6) is 0 Å². The van der Waals surface area contributed by atoms with E-state index in [0.29, 0.717) is 34.7 Å². The Morgan fingerprint density at radius 1 is 1.31 bits per heavy atom. The van der Waals surface area contributed by atoms with Crippen LogP contribution >= 0.6 is 23.8 Å². The van der Waals surface area contributed by atoms with Crippen LogP contribution in [0.2, 0.25) is 5.02 Å². The van der Waals surface area contributed by atoms with Gasteiger partial charge in [-0.05, 0) is 68.4 Å². The second-order valence-electron chi connectivity index (χ2n) is 9.35. The molecule has 0 bridgehead atoms. The van der Waals surface area contributed by atoms with Gasteiger partial charge in [0.25, 0.3) is 0 Å². The van der Waals surface area contributed by atoms with Crippen molar-refractivity contribution in [1.82, 2.24) is 19.8 Å². The lowest BCUT2D eigenvalue weighted by atomic mass is 10.2. The monoisotopic (exact) mass is 496 g/mol. The number of hydrogen-bond donors (Lipinski definition) is 1. The summed E-state index contributed by atoms with van der Waals surface area (Å²) in [6, 6.07) is 7.19. The Labute approximate surface area is 202 Å². The first kappa shape index (κ1) is 25.0. The largest absolute Gasteiger partial charge is 0.360 e. The zero-order valence-electron chi connectivity index (χ0n) is 19.2. The summed E-state index contributed by atoms with van der Waals surface area (Å²) in [6.45, 7) is 10.2. The van der Waals surface area contributed by atoms with Crippen LogP contribution in [0.1, 0.15) is 51.8 Å². The van der Waals surface area contributed by atoms with Gasteiger partial charge in [0, 0.05) is 24.2 Å². The Morgan fingerprint density at radius 3 is 2.62 bits per heavy atom. The van der Waals surface area contributed by atoms with Crippen LogP contribution in [0.25, 0.3) is 0 Å². The van der Waals surface area contributed by atoms with Gasteiger partial charge in [0.15, 0.2) is 5.11 Å². The first-order chi connectivity index (χ1) is 15.0. The minimum Gasteiger partial charge on any atom is -0.360 e. The summed E-state index contributed by atoms with van der Waals surface area (Å²) in [4.78, 5) is 6.53. The number of nitrogens with one attached hydrogen (secondary N) is 1. The highest BCUT2D eigenvalue weighted by Gasteiger charge is 2.29. The van der Waals surface area contributed by atoms with Crippen molar-refractivity contribution in [3.63, 3.8) is 0 Å². The first-order valence-electron chi connectivity index (χ1n) is 11.1. The van der Waals surface area contributed by atoms with E-state index in [1.54, 1.807) is 30.5 Å². The van der Waals surface area contributed by atoms with E-state index in [4.69, 9.17) is 23.8 Å². The highest BCUT2D eigenvalue weighted by molar-refractivity contribution is 7.90. The number of hydrogen-bond acceptors (Lipinski definition) is 4. The number of thiocarbonyl (C=S) groups is 1. The van der Waals surface area contributed by atoms with Crippen molar-refractivity contribution in [2.24, 2.45) is 11.8 Å². The fraction of sp³-hybridized carbons (Fsp3) is 0.565. The molecule has 176 valence electrons. The van der Waals surface area contributed by atoms with E-state index in [1.165, 1.54) is 12.8 Å². The number of rotatable bonds is 10. The molecule has 1 saturated carbocycles. The summed E-state index contributed by atoms with van der Waals surface area (Å²) in [6.07, 6.45) is 4.11. The number of halogens is 1. The summed E-state index contributed by atoms with van der Waals surface area (Å²) in [5.74, 6) is 0.774. The molecule has 0 aliphatic heterocycles. The van der Waals surface area contributed by atoms with Crippen molar-refractivity contribution in [3.05, 3.63) is 46.7 Å². The molecule has 1 N–H and O–H groups in total.